The molecule has 1 aliphatic heterocycles. The van der Waals surface area contributed by atoms with Gasteiger partial charge in [-0.05, 0) is 31.4 Å². The van der Waals surface area contributed by atoms with Crippen molar-refractivity contribution in [2.24, 2.45) is 5.92 Å². The summed E-state index contributed by atoms with van der Waals surface area (Å²) in [5.74, 6) is 1.61. The monoisotopic (exact) mass is 276 g/mol. The number of hydrogen-bond donors (Lipinski definition) is 1. The quantitative estimate of drug-likeness (QED) is 0.893. The summed E-state index contributed by atoms with van der Waals surface area (Å²) >= 11 is 0. The van der Waals surface area contributed by atoms with Crippen LogP contribution < -0.4 is 15.0 Å². The summed E-state index contributed by atoms with van der Waals surface area (Å²) in [6.07, 6.45) is 1.17. The molecule has 20 heavy (non-hydrogen) atoms. The average molecular weight is 276 g/mol. The van der Waals surface area contributed by atoms with E-state index in [4.69, 9.17) is 4.74 Å². The molecule has 3 nitrogen and oxygen atoms in total. The fourth-order valence-electron chi connectivity index (χ4n) is 2.92. The van der Waals surface area contributed by atoms with Crippen LogP contribution in [0.4, 0.5) is 5.69 Å². The smallest absolute Gasteiger partial charge is 0.121 e. The third-order valence-electron chi connectivity index (χ3n) is 4.16. The van der Waals surface area contributed by atoms with Gasteiger partial charge in [-0.2, -0.15) is 0 Å². The van der Waals surface area contributed by atoms with Crippen LogP contribution in [0.2, 0.25) is 0 Å². The predicted octanol–water partition coefficient (Wildman–Crippen LogP) is 3.30. The molecule has 0 spiro atoms. The van der Waals surface area contributed by atoms with Crippen LogP contribution >= 0.6 is 0 Å². The van der Waals surface area contributed by atoms with Crippen molar-refractivity contribution in [3.63, 3.8) is 0 Å². The topological polar surface area (TPSA) is 24.5 Å². The Labute approximate surface area is 123 Å². The van der Waals surface area contributed by atoms with Crippen molar-refractivity contribution in [3.8, 4) is 5.75 Å². The van der Waals surface area contributed by atoms with Gasteiger partial charge in [-0.25, -0.2) is 0 Å². The Kier molecular flexibility index (Phi) is 5.30. The van der Waals surface area contributed by atoms with E-state index in [9.17, 15) is 0 Å². The summed E-state index contributed by atoms with van der Waals surface area (Å²) in [5, 5.41) is 3.67. The molecule has 0 saturated carbocycles. The van der Waals surface area contributed by atoms with Crippen molar-refractivity contribution in [3.05, 3.63) is 24.3 Å². The fourth-order valence-corrected chi connectivity index (χ4v) is 2.92. The minimum atomic E-state index is 0.551. The maximum atomic E-state index is 5.64. The minimum Gasteiger partial charge on any atom is -0.494 e. The Balaban J connectivity index is 2.22. The number of piperazine rings is 1. The Hall–Kier alpha value is -1.22. The summed E-state index contributed by atoms with van der Waals surface area (Å²) in [6.45, 7) is 11.7. The molecule has 2 rings (SSSR count). The van der Waals surface area contributed by atoms with Crippen LogP contribution in [-0.4, -0.2) is 31.8 Å². The largest absolute Gasteiger partial charge is 0.494 e. The third kappa shape index (κ3) is 3.45. The minimum absolute atomic E-state index is 0.551. The molecule has 1 saturated heterocycles. The lowest BCUT2D eigenvalue weighted by atomic mass is 9.97. The van der Waals surface area contributed by atoms with Gasteiger partial charge in [-0.15, -0.1) is 0 Å². The highest BCUT2D eigenvalue weighted by molar-refractivity contribution is 5.52. The molecule has 1 aromatic carbocycles. The van der Waals surface area contributed by atoms with Crippen molar-refractivity contribution in [2.45, 2.75) is 46.2 Å². The summed E-state index contributed by atoms with van der Waals surface area (Å²) < 4.78 is 5.64. The lowest BCUT2D eigenvalue weighted by Crippen LogP contribution is -2.58. The van der Waals surface area contributed by atoms with E-state index in [0.717, 1.165) is 25.4 Å². The first-order valence-corrected chi connectivity index (χ1v) is 7.88. The normalized spacial score (nSPS) is 23.1. The van der Waals surface area contributed by atoms with Gasteiger partial charge in [-0.1, -0.05) is 26.8 Å². The van der Waals surface area contributed by atoms with Crippen LogP contribution in [0.5, 0.6) is 5.75 Å². The van der Waals surface area contributed by atoms with E-state index in [-0.39, 0.29) is 0 Å². The highest BCUT2D eigenvalue weighted by atomic mass is 16.5. The Bertz CT molecular complexity index is 419. The number of hydrogen-bond acceptors (Lipinski definition) is 3. The van der Waals surface area contributed by atoms with Crippen LogP contribution in [0.1, 0.15) is 34.1 Å². The van der Waals surface area contributed by atoms with Gasteiger partial charge in [-0.3, -0.25) is 0 Å². The van der Waals surface area contributed by atoms with E-state index in [2.05, 4.69) is 49.2 Å². The van der Waals surface area contributed by atoms with Crippen LogP contribution in [0.25, 0.3) is 0 Å². The van der Waals surface area contributed by atoms with Crippen molar-refractivity contribution in [2.75, 3.05) is 24.6 Å². The van der Waals surface area contributed by atoms with Crippen LogP contribution in [0, 0.1) is 5.92 Å². The highest BCUT2D eigenvalue weighted by Gasteiger charge is 2.29. The lowest BCUT2D eigenvalue weighted by Gasteiger charge is -2.44. The number of ether oxygens (including phenoxy) is 1. The molecule has 0 aromatic heterocycles. The van der Waals surface area contributed by atoms with Gasteiger partial charge < -0.3 is 15.0 Å². The molecule has 0 aliphatic carbocycles. The molecule has 112 valence electrons. The second kappa shape index (κ2) is 6.98. The highest BCUT2D eigenvalue weighted by Crippen LogP contribution is 2.27. The van der Waals surface area contributed by atoms with E-state index < -0.39 is 0 Å². The Morgan fingerprint density at radius 3 is 2.80 bits per heavy atom. The third-order valence-corrected chi connectivity index (χ3v) is 4.16. The zero-order valence-corrected chi connectivity index (χ0v) is 13.2. The molecule has 1 aromatic rings. The molecule has 0 radical (unpaired) electrons. The van der Waals surface area contributed by atoms with Crippen LogP contribution in [0.3, 0.4) is 0 Å². The maximum absolute atomic E-state index is 5.64. The van der Waals surface area contributed by atoms with Crippen LogP contribution in [-0.2, 0) is 0 Å². The average Bonchev–Trinajstić information content (AvgIpc) is 2.47. The molecule has 1 N–H and O–H groups in total. The Morgan fingerprint density at radius 1 is 1.35 bits per heavy atom. The summed E-state index contributed by atoms with van der Waals surface area (Å²) in [7, 11) is 0. The first kappa shape index (κ1) is 15.2. The molecular formula is C17H28N2O. The fraction of sp³-hybridized carbons (Fsp3) is 0.647. The molecule has 1 fully saturated rings. The van der Waals surface area contributed by atoms with Gasteiger partial charge in [0.1, 0.15) is 5.75 Å². The van der Waals surface area contributed by atoms with Gasteiger partial charge in [0.25, 0.3) is 0 Å². The maximum Gasteiger partial charge on any atom is 0.121 e. The second-order valence-electron chi connectivity index (χ2n) is 5.91. The molecule has 0 bridgehead atoms. The first-order chi connectivity index (χ1) is 9.65. The molecular weight excluding hydrogens is 248 g/mol. The molecule has 1 aliphatic rings. The van der Waals surface area contributed by atoms with E-state index in [1.54, 1.807) is 0 Å². The van der Waals surface area contributed by atoms with E-state index in [1.807, 2.05) is 13.0 Å². The van der Waals surface area contributed by atoms with Gasteiger partial charge in [0.2, 0.25) is 0 Å². The number of rotatable bonds is 5. The van der Waals surface area contributed by atoms with Crippen molar-refractivity contribution < 1.29 is 4.74 Å². The van der Waals surface area contributed by atoms with Crippen molar-refractivity contribution in [1.29, 1.82) is 0 Å². The van der Waals surface area contributed by atoms with Gasteiger partial charge >= 0.3 is 0 Å². The number of benzene rings is 1. The summed E-state index contributed by atoms with van der Waals surface area (Å²) in [5.41, 5.74) is 1.29. The molecule has 1 heterocycles. The van der Waals surface area contributed by atoms with Crippen LogP contribution in [0.15, 0.2) is 24.3 Å². The zero-order chi connectivity index (χ0) is 14.5. The number of anilines is 1. The molecule has 0 amide bonds. The van der Waals surface area contributed by atoms with Gasteiger partial charge in [0, 0.05) is 36.9 Å². The van der Waals surface area contributed by atoms with Gasteiger partial charge in [0.05, 0.1) is 6.61 Å². The van der Waals surface area contributed by atoms with Gasteiger partial charge in [0.15, 0.2) is 0 Å². The summed E-state index contributed by atoms with van der Waals surface area (Å²) in [6, 6.07) is 9.65. The van der Waals surface area contributed by atoms with Crippen molar-refractivity contribution >= 4 is 5.69 Å². The standard InChI is InChI=1S/C17H28N2O/c1-5-14-12-19(17(11-18-14)13(3)4)15-8-7-9-16(10-15)20-6-2/h7-10,13-14,17-18H,5-6,11-12H2,1-4H3. The number of nitrogens with one attached hydrogen (secondary N) is 1. The van der Waals surface area contributed by atoms with E-state index in [1.165, 1.54) is 12.1 Å². The van der Waals surface area contributed by atoms with E-state index >= 15 is 0 Å². The predicted molar refractivity (Wildman–Crippen MR) is 85.7 cm³/mol. The molecule has 2 unspecified atom stereocenters. The second-order valence-corrected chi connectivity index (χ2v) is 5.91. The zero-order valence-electron chi connectivity index (χ0n) is 13.2. The van der Waals surface area contributed by atoms with Crippen molar-refractivity contribution in [1.82, 2.24) is 5.32 Å². The van der Waals surface area contributed by atoms with E-state index in [0.29, 0.717) is 18.0 Å². The Morgan fingerprint density at radius 2 is 2.15 bits per heavy atom. The summed E-state index contributed by atoms with van der Waals surface area (Å²) in [4.78, 5) is 2.55. The number of nitrogens with zero attached hydrogens (tertiary/aromatic N) is 1. The lowest BCUT2D eigenvalue weighted by molar-refractivity contribution is 0.329. The SMILES string of the molecule is CCOc1cccc(N2CC(CC)NCC2C(C)C)c1. The first-order valence-electron chi connectivity index (χ1n) is 7.88. The molecule has 2 atom stereocenters. The molecule has 3 heteroatoms.